The van der Waals surface area contributed by atoms with Gasteiger partial charge in [-0.1, -0.05) is 11.6 Å². The summed E-state index contributed by atoms with van der Waals surface area (Å²) in [6, 6.07) is 9.50. The Bertz CT molecular complexity index is 1720. The van der Waals surface area contributed by atoms with Crippen LogP contribution in [0.25, 0.3) is 22.1 Å². The molecule has 0 amide bonds. The van der Waals surface area contributed by atoms with Gasteiger partial charge in [-0.15, -0.1) is 0 Å². The minimum atomic E-state index is -0.347. The fourth-order valence-corrected chi connectivity index (χ4v) is 5.35. The lowest BCUT2D eigenvalue weighted by molar-refractivity contribution is 0.136. The van der Waals surface area contributed by atoms with Crippen LogP contribution in [0.4, 0.5) is 17.5 Å². The summed E-state index contributed by atoms with van der Waals surface area (Å²) in [5.41, 5.74) is 4.66. The molecule has 2 fully saturated rings. The SMILES string of the molecule is Cc1cc(Nc2ncnc3cnc(N4CC(O)C5(CC5)C4)nc23)c(Cl)cc1Oc1ccc2c(c1)ncn2C. The minimum absolute atomic E-state index is 0.00478. The molecule has 1 saturated heterocycles. The number of aliphatic hydroxyl groups is 1. The zero-order valence-corrected chi connectivity index (χ0v) is 21.6. The number of aromatic nitrogens is 6. The number of β-amino-alcohol motifs (C(OH)–C–C–N with tert-alkyl or cyclic N) is 1. The molecule has 4 heterocycles. The van der Waals surface area contributed by atoms with Crippen molar-refractivity contribution in [2.24, 2.45) is 12.5 Å². The van der Waals surface area contributed by atoms with E-state index in [0.717, 1.165) is 36.0 Å². The molecule has 1 aliphatic carbocycles. The van der Waals surface area contributed by atoms with E-state index in [4.69, 9.17) is 21.3 Å². The van der Waals surface area contributed by atoms with Crippen LogP contribution in [-0.2, 0) is 7.05 Å². The van der Waals surface area contributed by atoms with Gasteiger partial charge in [0.1, 0.15) is 28.9 Å². The molecule has 5 aromatic rings. The van der Waals surface area contributed by atoms with Crippen LogP contribution in [0.3, 0.4) is 0 Å². The fourth-order valence-electron chi connectivity index (χ4n) is 5.15. The zero-order chi connectivity index (χ0) is 26.0. The Morgan fingerprint density at radius 3 is 2.79 bits per heavy atom. The first-order chi connectivity index (χ1) is 18.4. The quantitative estimate of drug-likeness (QED) is 0.333. The summed E-state index contributed by atoms with van der Waals surface area (Å²) in [6.45, 7) is 3.25. The van der Waals surface area contributed by atoms with Gasteiger partial charge in [0.05, 0.1) is 40.4 Å². The van der Waals surface area contributed by atoms with Crippen LogP contribution < -0.4 is 15.0 Å². The molecule has 3 aromatic heterocycles. The molecule has 7 rings (SSSR count). The van der Waals surface area contributed by atoms with Gasteiger partial charge in [-0.3, -0.25) is 0 Å². The summed E-state index contributed by atoms with van der Waals surface area (Å²) in [6.07, 6.45) is 6.68. The lowest BCUT2D eigenvalue weighted by atomic mass is 10.0. The molecule has 1 unspecified atom stereocenters. The largest absolute Gasteiger partial charge is 0.457 e. The van der Waals surface area contributed by atoms with E-state index in [0.29, 0.717) is 51.6 Å². The number of halogens is 1. The number of hydrogen-bond donors (Lipinski definition) is 2. The predicted molar refractivity (Wildman–Crippen MR) is 145 cm³/mol. The molecule has 10 nitrogen and oxygen atoms in total. The first-order valence-corrected chi connectivity index (χ1v) is 12.8. The second kappa shape index (κ2) is 8.50. The summed E-state index contributed by atoms with van der Waals surface area (Å²) in [4.78, 5) is 24.5. The second-order valence-corrected chi connectivity index (χ2v) is 10.6. The van der Waals surface area contributed by atoms with Crippen molar-refractivity contribution in [1.82, 2.24) is 29.5 Å². The van der Waals surface area contributed by atoms with Crippen LogP contribution in [0.1, 0.15) is 18.4 Å². The summed E-state index contributed by atoms with van der Waals surface area (Å²) in [5, 5.41) is 14.3. The number of ether oxygens (including phenoxy) is 1. The number of rotatable bonds is 5. The standard InChI is InChI=1S/C27H25ClN8O2/c1-15-7-18(17(28)9-22(15)38-16-3-4-21-19(8-16)32-14-35(21)2)33-25-24-20(30-13-31-25)10-29-26(34-24)36-11-23(37)27(12-36)5-6-27/h3-4,7-10,13-14,23,37H,5-6,11-12H2,1-2H3,(H,30,31,33). The molecule has 192 valence electrons. The van der Waals surface area contributed by atoms with Gasteiger partial charge in [0.25, 0.3) is 0 Å². The summed E-state index contributed by atoms with van der Waals surface area (Å²) in [5.74, 6) is 2.42. The molecule has 1 saturated carbocycles. The monoisotopic (exact) mass is 528 g/mol. The van der Waals surface area contributed by atoms with E-state index in [1.807, 2.05) is 47.7 Å². The number of anilines is 3. The van der Waals surface area contributed by atoms with Crippen molar-refractivity contribution >= 4 is 51.1 Å². The van der Waals surface area contributed by atoms with Crippen LogP contribution in [0.2, 0.25) is 5.02 Å². The van der Waals surface area contributed by atoms with Crippen LogP contribution in [-0.4, -0.2) is 53.8 Å². The van der Waals surface area contributed by atoms with Gasteiger partial charge in [-0.25, -0.2) is 24.9 Å². The van der Waals surface area contributed by atoms with E-state index >= 15 is 0 Å². The number of hydrogen-bond acceptors (Lipinski definition) is 9. The summed E-state index contributed by atoms with van der Waals surface area (Å²) >= 11 is 6.69. The third-order valence-electron chi connectivity index (χ3n) is 7.59. The number of nitrogens with zero attached hydrogens (tertiary/aromatic N) is 7. The van der Waals surface area contributed by atoms with Crippen LogP contribution in [0.15, 0.2) is 49.2 Å². The lowest BCUT2D eigenvalue weighted by Gasteiger charge is -2.17. The van der Waals surface area contributed by atoms with E-state index in [9.17, 15) is 5.11 Å². The van der Waals surface area contributed by atoms with Gasteiger partial charge in [0.15, 0.2) is 5.82 Å². The maximum atomic E-state index is 10.5. The van der Waals surface area contributed by atoms with Crippen molar-refractivity contribution in [3.05, 3.63) is 59.8 Å². The molecule has 38 heavy (non-hydrogen) atoms. The van der Waals surface area contributed by atoms with Gasteiger partial charge in [-0.2, -0.15) is 0 Å². The Balaban J connectivity index is 1.17. The topological polar surface area (TPSA) is 114 Å². The molecule has 11 heteroatoms. The Labute approximate surface area is 223 Å². The summed E-state index contributed by atoms with van der Waals surface area (Å²) in [7, 11) is 1.96. The fraction of sp³-hybridized carbons (Fsp3) is 0.296. The molecule has 2 aromatic carbocycles. The molecule has 0 radical (unpaired) electrons. The highest BCUT2D eigenvalue weighted by atomic mass is 35.5. The third kappa shape index (κ3) is 3.88. The van der Waals surface area contributed by atoms with Crippen LogP contribution >= 0.6 is 11.6 Å². The maximum Gasteiger partial charge on any atom is 0.226 e. The van der Waals surface area contributed by atoms with Gasteiger partial charge in [0, 0.05) is 37.7 Å². The molecule has 2 N–H and O–H groups in total. The Morgan fingerprint density at radius 2 is 1.97 bits per heavy atom. The van der Waals surface area contributed by atoms with Crippen molar-refractivity contribution < 1.29 is 9.84 Å². The van der Waals surface area contributed by atoms with E-state index < -0.39 is 0 Å². The number of aryl methyl sites for hydroxylation is 2. The zero-order valence-electron chi connectivity index (χ0n) is 20.9. The number of fused-ring (bicyclic) bond motifs is 2. The molecule has 1 spiro atoms. The normalized spacial score (nSPS) is 18.0. The summed E-state index contributed by atoms with van der Waals surface area (Å²) < 4.78 is 8.12. The minimum Gasteiger partial charge on any atom is -0.457 e. The average molecular weight is 529 g/mol. The molecular weight excluding hydrogens is 504 g/mol. The van der Waals surface area contributed by atoms with Crippen molar-refractivity contribution in [1.29, 1.82) is 0 Å². The highest BCUT2D eigenvalue weighted by Crippen LogP contribution is 2.53. The molecule has 2 aliphatic rings. The maximum absolute atomic E-state index is 10.5. The van der Waals surface area contributed by atoms with E-state index in [2.05, 4.69) is 25.3 Å². The number of benzene rings is 2. The predicted octanol–water partition coefficient (Wildman–Crippen LogP) is 4.77. The molecule has 0 bridgehead atoms. The third-order valence-corrected chi connectivity index (χ3v) is 7.90. The van der Waals surface area contributed by atoms with Crippen molar-refractivity contribution in [2.45, 2.75) is 25.9 Å². The molecule has 1 aliphatic heterocycles. The first-order valence-electron chi connectivity index (χ1n) is 12.5. The molecular formula is C27H25ClN8O2. The Morgan fingerprint density at radius 1 is 1.11 bits per heavy atom. The Hall–Kier alpha value is -4.02. The number of aliphatic hydroxyl groups excluding tert-OH is 1. The average Bonchev–Trinajstić information content (AvgIpc) is 3.50. The van der Waals surface area contributed by atoms with Gasteiger partial charge < -0.3 is 24.6 Å². The number of imidazole rings is 1. The highest BCUT2D eigenvalue weighted by molar-refractivity contribution is 6.33. The van der Waals surface area contributed by atoms with E-state index in [1.165, 1.54) is 6.33 Å². The lowest BCUT2D eigenvalue weighted by Crippen LogP contribution is -2.23. The van der Waals surface area contributed by atoms with Crippen LogP contribution in [0.5, 0.6) is 11.5 Å². The highest BCUT2D eigenvalue weighted by Gasteiger charge is 2.55. The Kier molecular flexibility index (Phi) is 5.17. The van der Waals surface area contributed by atoms with E-state index in [-0.39, 0.29) is 11.5 Å². The van der Waals surface area contributed by atoms with Gasteiger partial charge >= 0.3 is 0 Å². The van der Waals surface area contributed by atoms with Crippen molar-refractivity contribution in [3.63, 3.8) is 0 Å². The number of nitrogens with one attached hydrogen (secondary N) is 1. The van der Waals surface area contributed by atoms with Gasteiger partial charge in [-0.05, 0) is 43.5 Å². The van der Waals surface area contributed by atoms with Crippen molar-refractivity contribution in [2.75, 3.05) is 23.3 Å². The van der Waals surface area contributed by atoms with Crippen LogP contribution in [0, 0.1) is 12.3 Å². The second-order valence-electron chi connectivity index (χ2n) is 10.2. The first kappa shape index (κ1) is 23.1. The van der Waals surface area contributed by atoms with E-state index in [1.54, 1.807) is 18.6 Å². The molecule has 1 atom stereocenters. The smallest absolute Gasteiger partial charge is 0.226 e. The van der Waals surface area contributed by atoms with Crippen molar-refractivity contribution in [3.8, 4) is 11.5 Å². The van der Waals surface area contributed by atoms with Gasteiger partial charge in [0.2, 0.25) is 5.95 Å².